The fraction of sp³-hybridized carbons (Fsp3) is 0.476. The van der Waals surface area contributed by atoms with Crippen LogP contribution >= 0.6 is 0 Å². The fourth-order valence-electron chi connectivity index (χ4n) is 3.84. The van der Waals surface area contributed by atoms with Crippen molar-refractivity contribution in [3.05, 3.63) is 29.8 Å². The van der Waals surface area contributed by atoms with Crippen molar-refractivity contribution in [3.8, 4) is 0 Å². The highest BCUT2D eigenvalue weighted by Crippen LogP contribution is 2.33. The molecule has 10 heteroatoms. The molecule has 1 aromatic rings. The maximum absolute atomic E-state index is 12.7. The zero-order valence-electron chi connectivity index (χ0n) is 17.4. The molecular formula is C21H26N4O6. The summed E-state index contributed by atoms with van der Waals surface area (Å²) in [6.07, 6.45) is 4.10. The third-order valence-electron chi connectivity index (χ3n) is 5.57. The topological polar surface area (TPSA) is 134 Å². The Bertz CT molecular complexity index is 876. The molecule has 0 radical (unpaired) electrons. The first kappa shape index (κ1) is 22.3. The van der Waals surface area contributed by atoms with E-state index in [0.29, 0.717) is 24.1 Å². The van der Waals surface area contributed by atoms with Gasteiger partial charge in [-0.05, 0) is 37.1 Å². The van der Waals surface area contributed by atoms with Crippen LogP contribution in [0.5, 0.6) is 0 Å². The van der Waals surface area contributed by atoms with E-state index in [-0.39, 0.29) is 31.3 Å². The molecule has 1 aromatic carbocycles. The van der Waals surface area contributed by atoms with Crippen molar-refractivity contribution in [2.45, 2.75) is 44.1 Å². The first-order valence-electron chi connectivity index (χ1n) is 10.2. The summed E-state index contributed by atoms with van der Waals surface area (Å²) in [5, 5.41) is 7.91. The lowest BCUT2D eigenvalue weighted by Crippen LogP contribution is -2.48. The van der Waals surface area contributed by atoms with Gasteiger partial charge in [0.2, 0.25) is 5.91 Å². The van der Waals surface area contributed by atoms with E-state index in [9.17, 15) is 24.0 Å². The highest BCUT2D eigenvalue weighted by Gasteiger charge is 2.51. The molecule has 1 heterocycles. The predicted molar refractivity (Wildman–Crippen MR) is 110 cm³/mol. The molecule has 0 atom stereocenters. The van der Waals surface area contributed by atoms with Gasteiger partial charge >= 0.3 is 12.0 Å². The van der Waals surface area contributed by atoms with Gasteiger partial charge in [0.15, 0.2) is 0 Å². The molecule has 10 nitrogen and oxygen atoms in total. The number of hydrogen-bond acceptors (Lipinski definition) is 6. The number of hydrogen-bond donors (Lipinski definition) is 3. The lowest BCUT2D eigenvalue weighted by atomic mass is 9.82. The molecule has 1 aliphatic heterocycles. The number of ether oxygens (including phenoxy) is 1. The highest BCUT2D eigenvalue weighted by molar-refractivity contribution is 6.07. The number of nitrogens with one attached hydrogen (secondary N) is 3. The zero-order chi connectivity index (χ0) is 22.4. The minimum Gasteiger partial charge on any atom is -0.468 e. The highest BCUT2D eigenvalue weighted by atomic mass is 16.5. The van der Waals surface area contributed by atoms with E-state index in [2.05, 4.69) is 20.7 Å². The van der Waals surface area contributed by atoms with Crippen LogP contribution in [0.4, 0.5) is 10.5 Å². The SMILES string of the molecule is COC(=O)CNC(=O)c1ccc(NC(=O)CCN2C(=O)NC3(CCCCC3)C2=O)cc1. The third kappa shape index (κ3) is 5.19. The monoisotopic (exact) mass is 430 g/mol. The van der Waals surface area contributed by atoms with E-state index in [0.717, 1.165) is 24.2 Å². The number of imide groups is 1. The van der Waals surface area contributed by atoms with E-state index in [4.69, 9.17) is 0 Å². The van der Waals surface area contributed by atoms with E-state index >= 15 is 0 Å². The van der Waals surface area contributed by atoms with Crippen molar-refractivity contribution in [1.82, 2.24) is 15.5 Å². The Labute approximate surface area is 179 Å². The molecule has 1 saturated carbocycles. The second kappa shape index (κ2) is 9.59. The van der Waals surface area contributed by atoms with Crippen LogP contribution in [-0.2, 0) is 19.1 Å². The van der Waals surface area contributed by atoms with Gasteiger partial charge in [-0.3, -0.25) is 24.1 Å². The number of nitrogens with zero attached hydrogens (tertiary/aromatic N) is 1. The standard InChI is InChI=1S/C21H26N4O6/c1-31-17(27)13-22-18(28)14-5-7-15(8-6-14)23-16(26)9-12-25-19(29)21(24-20(25)30)10-3-2-4-11-21/h5-8H,2-4,9-13H2,1H3,(H,22,28)(H,23,26)(H,24,30). The summed E-state index contributed by atoms with van der Waals surface area (Å²) in [7, 11) is 1.23. The fourth-order valence-corrected chi connectivity index (χ4v) is 3.84. The molecule has 0 aromatic heterocycles. The Morgan fingerprint density at radius 2 is 1.77 bits per heavy atom. The molecule has 1 spiro atoms. The van der Waals surface area contributed by atoms with Crippen LogP contribution in [0, 0.1) is 0 Å². The van der Waals surface area contributed by atoms with Crippen LogP contribution in [0.1, 0.15) is 48.9 Å². The summed E-state index contributed by atoms with van der Waals surface area (Å²) in [5.74, 6) is -1.60. The molecule has 2 aliphatic rings. The van der Waals surface area contributed by atoms with Crippen molar-refractivity contribution in [2.24, 2.45) is 0 Å². The first-order chi connectivity index (χ1) is 14.8. The van der Waals surface area contributed by atoms with Gasteiger partial charge < -0.3 is 20.7 Å². The molecule has 31 heavy (non-hydrogen) atoms. The number of carbonyl (C=O) groups excluding carboxylic acids is 5. The lowest BCUT2D eigenvalue weighted by molar-refractivity contribution is -0.139. The van der Waals surface area contributed by atoms with Crippen LogP contribution in [0.3, 0.4) is 0 Å². The van der Waals surface area contributed by atoms with Crippen molar-refractivity contribution in [1.29, 1.82) is 0 Å². The Morgan fingerprint density at radius 1 is 1.10 bits per heavy atom. The van der Waals surface area contributed by atoms with Gasteiger partial charge in [-0.25, -0.2) is 4.79 Å². The summed E-state index contributed by atoms with van der Waals surface area (Å²) in [5.41, 5.74) is -0.00900. The van der Waals surface area contributed by atoms with Gasteiger partial charge in [-0.15, -0.1) is 0 Å². The zero-order valence-corrected chi connectivity index (χ0v) is 17.4. The molecule has 0 bridgehead atoms. The van der Waals surface area contributed by atoms with E-state index in [1.165, 1.54) is 19.2 Å². The van der Waals surface area contributed by atoms with Crippen LogP contribution in [0.2, 0.25) is 0 Å². The smallest absolute Gasteiger partial charge is 0.325 e. The number of benzene rings is 1. The van der Waals surface area contributed by atoms with Crippen molar-refractivity contribution in [2.75, 3.05) is 25.5 Å². The van der Waals surface area contributed by atoms with E-state index in [1.54, 1.807) is 12.1 Å². The van der Waals surface area contributed by atoms with Crippen molar-refractivity contribution >= 4 is 35.4 Å². The van der Waals surface area contributed by atoms with Gasteiger partial charge in [0.1, 0.15) is 12.1 Å². The van der Waals surface area contributed by atoms with Gasteiger partial charge in [0.05, 0.1) is 7.11 Å². The minimum atomic E-state index is -0.796. The number of urea groups is 1. The Hall–Kier alpha value is -3.43. The second-order valence-corrected chi connectivity index (χ2v) is 7.66. The molecule has 2 fully saturated rings. The molecule has 5 amide bonds. The first-order valence-corrected chi connectivity index (χ1v) is 10.2. The van der Waals surface area contributed by atoms with Crippen LogP contribution in [0.15, 0.2) is 24.3 Å². The Kier molecular flexibility index (Phi) is 6.88. The number of esters is 1. The number of amides is 5. The summed E-state index contributed by atoms with van der Waals surface area (Å²) < 4.78 is 4.45. The predicted octanol–water partition coefficient (Wildman–Crippen LogP) is 1.17. The normalized spacial score (nSPS) is 17.3. The molecule has 0 unspecified atom stereocenters. The minimum absolute atomic E-state index is 0.00622. The third-order valence-corrected chi connectivity index (χ3v) is 5.57. The molecular weight excluding hydrogens is 404 g/mol. The van der Waals surface area contributed by atoms with Gasteiger partial charge in [0, 0.05) is 24.2 Å². The molecule has 1 saturated heterocycles. The van der Waals surface area contributed by atoms with Crippen molar-refractivity contribution < 1.29 is 28.7 Å². The maximum atomic E-state index is 12.7. The van der Waals surface area contributed by atoms with E-state index in [1.807, 2.05) is 0 Å². The van der Waals surface area contributed by atoms with E-state index < -0.39 is 23.4 Å². The summed E-state index contributed by atoms with van der Waals surface area (Å²) in [6, 6.07) is 5.67. The van der Waals surface area contributed by atoms with Crippen molar-refractivity contribution in [3.63, 3.8) is 0 Å². The number of anilines is 1. The van der Waals surface area contributed by atoms with Crippen LogP contribution < -0.4 is 16.0 Å². The Balaban J connectivity index is 1.48. The molecule has 166 valence electrons. The summed E-state index contributed by atoms with van der Waals surface area (Å²) in [4.78, 5) is 61.4. The van der Waals surface area contributed by atoms with Gasteiger partial charge in [-0.1, -0.05) is 19.3 Å². The van der Waals surface area contributed by atoms with Crippen LogP contribution in [-0.4, -0.2) is 60.4 Å². The maximum Gasteiger partial charge on any atom is 0.325 e. The summed E-state index contributed by atoms with van der Waals surface area (Å²) >= 11 is 0. The lowest BCUT2D eigenvalue weighted by Gasteiger charge is -2.30. The average Bonchev–Trinajstić information content (AvgIpc) is 2.99. The largest absolute Gasteiger partial charge is 0.468 e. The van der Waals surface area contributed by atoms with Gasteiger partial charge in [-0.2, -0.15) is 0 Å². The van der Waals surface area contributed by atoms with Gasteiger partial charge in [0.25, 0.3) is 11.8 Å². The molecule has 1 aliphatic carbocycles. The number of methoxy groups -OCH3 is 1. The number of carbonyl (C=O) groups is 5. The molecule has 3 rings (SSSR count). The quantitative estimate of drug-likeness (QED) is 0.439. The Morgan fingerprint density at radius 3 is 2.42 bits per heavy atom. The van der Waals surface area contributed by atoms with Crippen LogP contribution in [0.25, 0.3) is 0 Å². The average molecular weight is 430 g/mol. The summed E-state index contributed by atoms with van der Waals surface area (Å²) in [6.45, 7) is -0.232. The molecule has 3 N–H and O–H groups in total. The second-order valence-electron chi connectivity index (χ2n) is 7.66. The number of rotatable bonds is 7.